The van der Waals surface area contributed by atoms with Crippen LogP contribution in [0.15, 0.2) is 18.5 Å². The van der Waals surface area contributed by atoms with Crippen LogP contribution in [-0.4, -0.2) is 36.2 Å². The van der Waals surface area contributed by atoms with Gasteiger partial charge in [-0.2, -0.15) is 0 Å². The Hall–Kier alpha value is -2.57. The molecule has 0 aliphatic carbocycles. The van der Waals surface area contributed by atoms with Crippen LogP contribution < -0.4 is 19.9 Å². The molecule has 0 radical (unpaired) electrons. The lowest BCUT2D eigenvalue weighted by Crippen LogP contribution is -2.38. The average Bonchev–Trinajstić information content (AvgIpc) is 2.45. The van der Waals surface area contributed by atoms with Crippen molar-refractivity contribution in [3.63, 3.8) is 0 Å². The number of carboxylic acids is 1. The number of nitrogens with one attached hydrogen (secondary N) is 1. The van der Waals surface area contributed by atoms with E-state index < -0.39 is 12.0 Å². The molecule has 0 spiro atoms. The number of aliphatic carboxylic acids is 1. The number of methoxy groups -OCH3 is 2. The molecule has 0 saturated heterocycles. The first-order valence-electron chi connectivity index (χ1n) is 5.91. The van der Waals surface area contributed by atoms with Crippen molar-refractivity contribution >= 4 is 22.7 Å². The van der Waals surface area contributed by atoms with Gasteiger partial charge in [0.25, 0.3) is 0 Å². The summed E-state index contributed by atoms with van der Waals surface area (Å²) < 4.78 is 10.4. The predicted octanol–water partition coefficient (Wildman–Crippen LogP) is 0.197. The number of hydrogen-bond acceptors (Lipinski definition) is 7. The summed E-state index contributed by atoms with van der Waals surface area (Å²) in [6.07, 6.45) is 1.35. The Balaban J connectivity index is 2.53. The minimum absolute atomic E-state index is 0.396. The van der Waals surface area contributed by atoms with Crippen LogP contribution in [0, 0.1) is 0 Å². The van der Waals surface area contributed by atoms with Gasteiger partial charge < -0.3 is 24.7 Å². The number of ether oxygens (including phenoxy) is 2. The van der Waals surface area contributed by atoms with E-state index in [1.54, 1.807) is 12.1 Å². The maximum Gasteiger partial charge on any atom is 0.162 e. The highest BCUT2D eigenvalue weighted by Gasteiger charge is 2.12. The van der Waals surface area contributed by atoms with Crippen LogP contribution in [-0.2, 0) is 4.79 Å². The number of anilines is 1. The molecule has 106 valence electrons. The minimum Gasteiger partial charge on any atom is -0.548 e. The molecular formula is C13H14N3O4-. The van der Waals surface area contributed by atoms with Crippen molar-refractivity contribution < 1.29 is 19.4 Å². The van der Waals surface area contributed by atoms with Crippen molar-refractivity contribution in [3.8, 4) is 11.5 Å². The summed E-state index contributed by atoms with van der Waals surface area (Å²) >= 11 is 0. The summed E-state index contributed by atoms with van der Waals surface area (Å²) in [6, 6.07) is 2.52. The van der Waals surface area contributed by atoms with E-state index in [1.807, 2.05) is 0 Å². The molecule has 0 unspecified atom stereocenters. The molecule has 0 aliphatic heterocycles. The van der Waals surface area contributed by atoms with Gasteiger partial charge in [-0.1, -0.05) is 0 Å². The summed E-state index contributed by atoms with van der Waals surface area (Å²) in [7, 11) is 3.05. The van der Waals surface area contributed by atoms with Crippen molar-refractivity contribution in [2.75, 3.05) is 19.5 Å². The van der Waals surface area contributed by atoms with Gasteiger partial charge in [0.05, 0.1) is 31.7 Å². The number of carboxylic acid groups (broad SMARTS) is 1. The zero-order valence-electron chi connectivity index (χ0n) is 11.3. The highest BCUT2D eigenvalue weighted by molar-refractivity contribution is 5.92. The molecule has 7 nitrogen and oxygen atoms in total. The standard InChI is InChI=1S/C13H15N3O4/c1-7(13(17)18)16-12-8-4-10(19-2)11(20-3)5-9(8)14-6-15-12/h4-7H,1-3H3,(H,17,18)(H,14,15,16)/p-1/t7-/m0/s1. The lowest BCUT2D eigenvalue weighted by atomic mass is 10.2. The summed E-state index contributed by atoms with van der Waals surface area (Å²) in [5, 5.41) is 14.2. The highest BCUT2D eigenvalue weighted by atomic mass is 16.5. The fourth-order valence-electron chi connectivity index (χ4n) is 1.76. The number of fused-ring (bicyclic) bond motifs is 1. The number of hydrogen-bond donors (Lipinski definition) is 1. The molecule has 1 aromatic carbocycles. The second-order valence-corrected chi connectivity index (χ2v) is 4.13. The van der Waals surface area contributed by atoms with Crippen molar-refractivity contribution in [2.24, 2.45) is 0 Å². The maximum absolute atomic E-state index is 10.8. The van der Waals surface area contributed by atoms with Gasteiger partial charge in [-0.15, -0.1) is 0 Å². The van der Waals surface area contributed by atoms with E-state index in [0.29, 0.717) is 28.2 Å². The molecule has 0 amide bonds. The third-order valence-electron chi connectivity index (χ3n) is 2.85. The summed E-state index contributed by atoms with van der Waals surface area (Å²) in [4.78, 5) is 19.0. The van der Waals surface area contributed by atoms with Gasteiger partial charge in [-0.25, -0.2) is 9.97 Å². The average molecular weight is 276 g/mol. The number of carbonyl (C=O) groups is 1. The number of rotatable bonds is 5. The lowest BCUT2D eigenvalue weighted by molar-refractivity contribution is -0.306. The number of benzene rings is 1. The van der Waals surface area contributed by atoms with Gasteiger partial charge in [0.15, 0.2) is 11.5 Å². The summed E-state index contributed by atoms with van der Waals surface area (Å²) in [5.74, 6) is 0.237. The van der Waals surface area contributed by atoms with Gasteiger partial charge in [-0.05, 0) is 13.0 Å². The number of aromatic nitrogens is 2. The van der Waals surface area contributed by atoms with E-state index >= 15 is 0 Å². The topological polar surface area (TPSA) is 96.4 Å². The normalized spacial score (nSPS) is 11.9. The van der Waals surface area contributed by atoms with Gasteiger partial charge in [0.2, 0.25) is 0 Å². The van der Waals surface area contributed by atoms with Crippen LogP contribution in [0.3, 0.4) is 0 Å². The molecule has 1 atom stereocenters. The van der Waals surface area contributed by atoms with Gasteiger partial charge in [-0.3, -0.25) is 0 Å². The van der Waals surface area contributed by atoms with E-state index in [9.17, 15) is 9.90 Å². The molecule has 1 aromatic heterocycles. The van der Waals surface area contributed by atoms with Crippen LogP contribution in [0.5, 0.6) is 11.5 Å². The molecule has 20 heavy (non-hydrogen) atoms. The molecule has 7 heteroatoms. The fourth-order valence-corrected chi connectivity index (χ4v) is 1.76. The molecule has 0 aliphatic rings. The van der Waals surface area contributed by atoms with Gasteiger partial charge in [0.1, 0.15) is 12.1 Å². The monoisotopic (exact) mass is 276 g/mol. The Morgan fingerprint density at radius 1 is 1.25 bits per heavy atom. The first-order valence-corrected chi connectivity index (χ1v) is 5.91. The van der Waals surface area contributed by atoms with Crippen LogP contribution in [0.2, 0.25) is 0 Å². The molecular weight excluding hydrogens is 262 g/mol. The SMILES string of the molecule is COc1cc2ncnc(N[C@@H](C)C(=O)[O-])c2cc1OC. The Bertz CT molecular complexity index is 645. The Labute approximate surface area is 115 Å². The van der Waals surface area contributed by atoms with Crippen LogP contribution in [0.25, 0.3) is 10.9 Å². The first kappa shape index (κ1) is 13.9. The molecule has 0 bridgehead atoms. The third-order valence-corrected chi connectivity index (χ3v) is 2.85. The van der Waals surface area contributed by atoms with Crippen molar-refractivity contribution in [3.05, 3.63) is 18.5 Å². The van der Waals surface area contributed by atoms with Gasteiger partial charge in [0, 0.05) is 11.5 Å². The Morgan fingerprint density at radius 2 is 1.90 bits per heavy atom. The van der Waals surface area contributed by atoms with Crippen LogP contribution in [0.1, 0.15) is 6.92 Å². The Morgan fingerprint density at radius 3 is 2.50 bits per heavy atom. The van der Waals surface area contributed by atoms with E-state index in [1.165, 1.54) is 27.5 Å². The molecule has 2 rings (SSSR count). The van der Waals surface area contributed by atoms with Crippen molar-refractivity contribution in [1.82, 2.24) is 9.97 Å². The third kappa shape index (κ3) is 2.56. The number of nitrogens with zero attached hydrogens (tertiary/aromatic N) is 2. The van der Waals surface area contributed by atoms with Crippen molar-refractivity contribution in [1.29, 1.82) is 0 Å². The first-order chi connectivity index (χ1) is 9.56. The lowest BCUT2D eigenvalue weighted by Gasteiger charge is -2.17. The zero-order valence-corrected chi connectivity index (χ0v) is 11.3. The van der Waals surface area contributed by atoms with E-state index in [-0.39, 0.29) is 0 Å². The smallest absolute Gasteiger partial charge is 0.162 e. The summed E-state index contributed by atoms with van der Waals surface area (Å²) in [6.45, 7) is 1.48. The second kappa shape index (κ2) is 5.60. The second-order valence-electron chi connectivity index (χ2n) is 4.13. The highest BCUT2D eigenvalue weighted by Crippen LogP contribution is 2.33. The summed E-state index contributed by atoms with van der Waals surface area (Å²) in [5.41, 5.74) is 0.616. The maximum atomic E-state index is 10.8. The van der Waals surface area contributed by atoms with E-state index in [2.05, 4.69) is 15.3 Å². The largest absolute Gasteiger partial charge is 0.548 e. The van der Waals surface area contributed by atoms with Crippen LogP contribution >= 0.6 is 0 Å². The Kier molecular flexibility index (Phi) is 3.88. The number of carbonyl (C=O) groups excluding carboxylic acids is 1. The quantitative estimate of drug-likeness (QED) is 0.833. The van der Waals surface area contributed by atoms with Crippen molar-refractivity contribution in [2.45, 2.75) is 13.0 Å². The van der Waals surface area contributed by atoms with E-state index in [4.69, 9.17) is 9.47 Å². The molecule has 1 heterocycles. The molecule has 0 fully saturated rings. The molecule has 1 N–H and O–H groups in total. The molecule has 0 saturated carbocycles. The zero-order chi connectivity index (χ0) is 14.7. The fraction of sp³-hybridized carbons (Fsp3) is 0.308. The minimum atomic E-state index is -1.21. The van der Waals surface area contributed by atoms with Crippen LogP contribution in [0.4, 0.5) is 5.82 Å². The van der Waals surface area contributed by atoms with E-state index in [0.717, 1.165) is 0 Å². The predicted molar refractivity (Wildman–Crippen MR) is 70.7 cm³/mol. The van der Waals surface area contributed by atoms with Gasteiger partial charge >= 0.3 is 0 Å². The molecule has 2 aromatic rings.